The lowest BCUT2D eigenvalue weighted by Gasteiger charge is -2.43. The average Bonchev–Trinajstić information content (AvgIpc) is 3.23. The van der Waals surface area contributed by atoms with E-state index in [-0.39, 0.29) is 5.60 Å². The highest BCUT2D eigenvalue weighted by atomic mass is 32.2. The number of aromatic nitrogens is 2. The van der Waals surface area contributed by atoms with E-state index in [9.17, 15) is 8.42 Å². The van der Waals surface area contributed by atoms with E-state index >= 15 is 0 Å². The predicted octanol–water partition coefficient (Wildman–Crippen LogP) is 2.53. The molecule has 4 rings (SSSR count). The van der Waals surface area contributed by atoms with Crippen LogP contribution >= 0.6 is 11.3 Å². The SMILES string of the molecule is CCn1ncc(S(=O)(=O)N2CCC3(CC2)OCCc2ccsc23)c1C. The van der Waals surface area contributed by atoms with Gasteiger partial charge in [0, 0.05) is 24.5 Å². The summed E-state index contributed by atoms with van der Waals surface area (Å²) in [6.45, 7) is 6.13. The Hall–Kier alpha value is -1.22. The second kappa shape index (κ2) is 6.19. The summed E-state index contributed by atoms with van der Waals surface area (Å²) >= 11 is 1.74. The molecule has 2 aromatic heterocycles. The molecule has 1 saturated heterocycles. The topological polar surface area (TPSA) is 64.4 Å². The van der Waals surface area contributed by atoms with Gasteiger partial charge in [0.15, 0.2) is 0 Å². The summed E-state index contributed by atoms with van der Waals surface area (Å²) in [5.74, 6) is 0. The number of aryl methyl sites for hydroxylation is 1. The van der Waals surface area contributed by atoms with Crippen molar-refractivity contribution in [2.24, 2.45) is 0 Å². The van der Waals surface area contributed by atoms with Crippen molar-refractivity contribution in [1.82, 2.24) is 14.1 Å². The van der Waals surface area contributed by atoms with Crippen LogP contribution in [0.25, 0.3) is 0 Å². The zero-order chi connectivity index (χ0) is 17.7. The number of rotatable bonds is 3. The second-order valence-electron chi connectivity index (χ2n) is 6.68. The Morgan fingerprint density at radius 1 is 1.36 bits per heavy atom. The van der Waals surface area contributed by atoms with E-state index in [0.29, 0.717) is 43.1 Å². The summed E-state index contributed by atoms with van der Waals surface area (Å²) < 4.78 is 35.6. The van der Waals surface area contributed by atoms with Crippen LogP contribution in [0.4, 0.5) is 0 Å². The average molecular weight is 382 g/mol. The Kier molecular flexibility index (Phi) is 4.26. The van der Waals surface area contributed by atoms with Crippen molar-refractivity contribution in [3.05, 3.63) is 33.8 Å². The fourth-order valence-corrected chi connectivity index (χ4v) is 6.72. The van der Waals surface area contributed by atoms with E-state index in [4.69, 9.17) is 4.74 Å². The van der Waals surface area contributed by atoms with Crippen molar-refractivity contribution < 1.29 is 13.2 Å². The van der Waals surface area contributed by atoms with Gasteiger partial charge in [0.2, 0.25) is 10.0 Å². The normalized spacial score (nSPS) is 20.7. The summed E-state index contributed by atoms with van der Waals surface area (Å²) in [5.41, 5.74) is 1.78. The molecule has 25 heavy (non-hydrogen) atoms. The van der Waals surface area contributed by atoms with Gasteiger partial charge >= 0.3 is 0 Å². The first-order chi connectivity index (χ1) is 12.0. The first-order valence-corrected chi connectivity index (χ1v) is 11.0. The Balaban J connectivity index is 1.57. The molecule has 8 heteroatoms. The van der Waals surface area contributed by atoms with Crippen LogP contribution in [-0.2, 0) is 33.3 Å². The molecule has 0 saturated carbocycles. The van der Waals surface area contributed by atoms with E-state index < -0.39 is 10.0 Å². The number of piperidine rings is 1. The van der Waals surface area contributed by atoms with Crippen LogP contribution in [0.3, 0.4) is 0 Å². The summed E-state index contributed by atoms with van der Waals surface area (Å²) in [5, 5.41) is 6.31. The Bertz CT molecular complexity index is 877. The number of sulfonamides is 1. The highest BCUT2D eigenvalue weighted by molar-refractivity contribution is 7.89. The maximum atomic E-state index is 13.0. The minimum atomic E-state index is -3.50. The van der Waals surface area contributed by atoms with E-state index in [1.807, 2.05) is 13.8 Å². The third-order valence-electron chi connectivity index (χ3n) is 5.42. The number of ether oxygens (including phenoxy) is 1. The van der Waals surface area contributed by atoms with Crippen LogP contribution in [0, 0.1) is 6.92 Å². The van der Waals surface area contributed by atoms with Crippen molar-refractivity contribution in [3.8, 4) is 0 Å². The van der Waals surface area contributed by atoms with Crippen LogP contribution in [0.15, 0.2) is 22.5 Å². The first kappa shape index (κ1) is 17.2. The standard InChI is InChI=1S/C17H23N3O3S2/c1-3-20-13(2)15(12-18-20)25(21,22)19-8-6-17(7-9-19)16-14(4-10-23-17)5-11-24-16/h5,11-12H,3-4,6-10H2,1-2H3. The van der Waals surface area contributed by atoms with E-state index in [1.165, 1.54) is 16.6 Å². The molecule has 2 aliphatic heterocycles. The van der Waals surface area contributed by atoms with Gasteiger partial charge in [0.1, 0.15) is 10.5 Å². The Labute approximate surface area is 152 Å². The van der Waals surface area contributed by atoms with Gasteiger partial charge in [-0.3, -0.25) is 4.68 Å². The van der Waals surface area contributed by atoms with Crippen molar-refractivity contribution in [2.75, 3.05) is 19.7 Å². The zero-order valence-electron chi connectivity index (χ0n) is 14.6. The van der Waals surface area contributed by atoms with Gasteiger partial charge in [-0.05, 0) is 50.1 Å². The molecule has 0 radical (unpaired) electrons. The summed E-state index contributed by atoms with van der Waals surface area (Å²) in [4.78, 5) is 1.62. The molecule has 136 valence electrons. The molecule has 1 spiro atoms. The zero-order valence-corrected chi connectivity index (χ0v) is 16.2. The molecular formula is C17H23N3O3S2. The highest BCUT2D eigenvalue weighted by Crippen LogP contribution is 2.44. The van der Waals surface area contributed by atoms with E-state index in [1.54, 1.807) is 20.3 Å². The number of hydrogen-bond acceptors (Lipinski definition) is 5. The van der Waals surface area contributed by atoms with Crippen LogP contribution < -0.4 is 0 Å². The maximum absolute atomic E-state index is 13.0. The van der Waals surface area contributed by atoms with Gasteiger partial charge in [0.25, 0.3) is 0 Å². The maximum Gasteiger partial charge on any atom is 0.246 e. The van der Waals surface area contributed by atoms with Crippen molar-refractivity contribution in [3.63, 3.8) is 0 Å². The van der Waals surface area contributed by atoms with Gasteiger partial charge < -0.3 is 4.74 Å². The lowest BCUT2D eigenvalue weighted by molar-refractivity contribution is -0.0861. The van der Waals surface area contributed by atoms with Crippen LogP contribution in [0.5, 0.6) is 0 Å². The van der Waals surface area contributed by atoms with Crippen LogP contribution in [0.1, 0.15) is 35.9 Å². The first-order valence-electron chi connectivity index (χ1n) is 8.71. The summed E-state index contributed by atoms with van der Waals surface area (Å²) in [6.07, 6.45) is 3.85. The molecule has 0 amide bonds. The highest BCUT2D eigenvalue weighted by Gasteiger charge is 2.44. The number of fused-ring (bicyclic) bond motifs is 2. The molecule has 2 aliphatic rings. The van der Waals surface area contributed by atoms with Gasteiger partial charge in [-0.2, -0.15) is 9.40 Å². The second-order valence-corrected chi connectivity index (χ2v) is 9.50. The molecule has 0 N–H and O–H groups in total. The molecule has 4 heterocycles. The van der Waals surface area contributed by atoms with E-state index in [0.717, 1.165) is 13.0 Å². The van der Waals surface area contributed by atoms with Crippen molar-refractivity contribution in [2.45, 2.75) is 50.2 Å². The van der Waals surface area contributed by atoms with Gasteiger partial charge in [-0.15, -0.1) is 11.3 Å². The minimum Gasteiger partial charge on any atom is -0.369 e. The number of hydrogen-bond donors (Lipinski definition) is 0. The predicted molar refractivity (Wildman–Crippen MR) is 96.3 cm³/mol. The number of thiophene rings is 1. The molecular weight excluding hydrogens is 358 g/mol. The quantitative estimate of drug-likeness (QED) is 0.820. The summed E-state index contributed by atoms with van der Waals surface area (Å²) in [7, 11) is -3.50. The van der Waals surface area contributed by atoms with Crippen molar-refractivity contribution >= 4 is 21.4 Å². The molecule has 0 aromatic carbocycles. The fraction of sp³-hybridized carbons (Fsp3) is 0.588. The Morgan fingerprint density at radius 3 is 2.80 bits per heavy atom. The van der Waals surface area contributed by atoms with Crippen LogP contribution in [0.2, 0.25) is 0 Å². The Morgan fingerprint density at radius 2 is 2.12 bits per heavy atom. The molecule has 0 unspecified atom stereocenters. The molecule has 6 nitrogen and oxygen atoms in total. The van der Waals surface area contributed by atoms with Gasteiger partial charge in [-0.25, -0.2) is 8.42 Å². The van der Waals surface area contributed by atoms with E-state index in [2.05, 4.69) is 16.5 Å². The largest absolute Gasteiger partial charge is 0.369 e. The molecule has 0 atom stereocenters. The lowest BCUT2D eigenvalue weighted by Crippen LogP contribution is -2.47. The van der Waals surface area contributed by atoms with Crippen molar-refractivity contribution in [1.29, 1.82) is 0 Å². The smallest absolute Gasteiger partial charge is 0.246 e. The molecule has 2 aromatic rings. The number of nitrogens with zero attached hydrogens (tertiary/aromatic N) is 3. The minimum absolute atomic E-state index is 0.295. The summed E-state index contributed by atoms with van der Waals surface area (Å²) in [6, 6.07) is 2.18. The van der Waals surface area contributed by atoms with Gasteiger partial charge in [0.05, 0.1) is 18.5 Å². The molecule has 0 bridgehead atoms. The third kappa shape index (κ3) is 2.66. The van der Waals surface area contributed by atoms with Gasteiger partial charge in [-0.1, -0.05) is 0 Å². The molecule has 0 aliphatic carbocycles. The monoisotopic (exact) mass is 381 g/mol. The molecule has 1 fully saturated rings. The third-order valence-corrected chi connectivity index (χ3v) is 8.56. The lowest BCUT2D eigenvalue weighted by atomic mass is 9.86. The van der Waals surface area contributed by atoms with Crippen LogP contribution in [-0.4, -0.2) is 42.2 Å². The fourth-order valence-electron chi connectivity index (χ4n) is 3.95.